The third-order valence-electron chi connectivity index (χ3n) is 23.3. The Morgan fingerprint density at radius 3 is 1.28 bits per heavy atom. The maximum atomic E-state index is 9.96. The number of nitrogens with zero attached hydrogens (tertiary/aromatic N) is 5. The highest BCUT2D eigenvalue weighted by atomic mass is 16.3. The molecule has 0 spiro atoms. The number of benzene rings is 15. The van der Waals surface area contributed by atoms with Gasteiger partial charge in [-0.3, -0.25) is 0 Å². The minimum Gasteiger partial charge on any atom is -0.452 e. The van der Waals surface area contributed by atoms with Crippen LogP contribution in [-0.4, -0.2) is 20.4 Å². The van der Waals surface area contributed by atoms with Crippen LogP contribution in [0.15, 0.2) is 319 Å². The average Bonchev–Trinajstić information content (AvgIpc) is 0.793. The fourth-order valence-electron chi connectivity index (χ4n) is 17.7. The number of furan rings is 1. The van der Waals surface area contributed by atoms with Crippen molar-refractivity contribution in [3.63, 3.8) is 0 Å². The fraction of sp³-hybridized carbons (Fsp3) is 0.143. The lowest BCUT2D eigenvalue weighted by Crippen LogP contribution is -2.61. The first-order valence-electron chi connectivity index (χ1n) is 46.5. The standard InChI is InChI=1S/C105H86BN5O/c1-64(2)67-33-26-34-68(55-67)69-47-51-85-95(56-69)111(100-81(65-29-14-12-15-30-65)59-72(105(9,10)11)60-82(100)66-31-16-13-17-32-66)98-63-74(108-91-53-48-70(103(3,4)5)57-83(91)84-58-71(104(6,7)8)49-54-92(84)108)62-97-99(98)106(85)86-52-50-73(107-87-41-22-18-35-75(87)76-36-19-23-42-88(76)107)61-96(86)110(97)94-46-28-40-80-79-39-27-45-93(101(79)112-102(80)94)109-89-43-24-20-37-77(89)78-38-21-25-44-90(78)109/h12-64H,1-11H3/i18D,19D,20D,21D,22D,23D,24D,25D,35D,36D,37D,38D,41D,42D,43D,44D. The normalized spacial score (nSPS) is 15.2. The molecule has 0 bridgehead atoms. The summed E-state index contributed by atoms with van der Waals surface area (Å²) in [5, 5.41) is 2.83. The molecule has 0 aliphatic carbocycles. The molecule has 6 heterocycles. The SMILES string of the molecule is [2H]c1c([2H])c([2H])c2c(c1[2H])c1c([2H])c([2H])c([2H])c([2H])c1n2-c1ccc2c(c1)N(c1cccc3c1oc1c(-n4c5c([2H])c([2H])c([2H])c([2H])c5c5c([2H])c([2H])c([2H])c([2H])c54)cccc13)c1cc(-n3c4ccc(C(C)(C)C)cc4c4cc(C(C)(C)C)ccc43)cc3c1B2c1ccc(-c2cccc(C(C)C)c2)cc1N3c1c(-c2ccccc2)cc(C(C)(C)C)cc1-c1ccccc1. The van der Waals surface area contributed by atoms with Gasteiger partial charge in [0, 0.05) is 82.7 Å². The van der Waals surface area contributed by atoms with Crippen molar-refractivity contribution in [3.05, 3.63) is 337 Å². The number of aromatic nitrogens is 3. The summed E-state index contributed by atoms with van der Waals surface area (Å²) in [5.41, 5.74) is 19.6. The molecule has 0 amide bonds. The van der Waals surface area contributed by atoms with E-state index in [2.05, 4.69) is 242 Å². The molecule has 540 valence electrons. The van der Waals surface area contributed by atoms with Crippen LogP contribution in [0, 0.1) is 0 Å². The van der Waals surface area contributed by atoms with Gasteiger partial charge in [-0.25, -0.2) is 0 Å². The van der Waals surface area contributed by atoms with Crippen LogP contribution in [0.4, 0.5) is 34.1 Å². The van der Waals surface area contributed by atoms with Crippen molar-refractivity contribution in [2.75, 3.05) is 9.80 Å². The molecule has 0 saturated heterocycles. The van der Waals surface area contributed by atoms with E-state index in [4.69, 9.17) is 9.90 Å². The highest BCUT2D eigenvalue weighted by Gasteiger charge is 2.46. The molecular formula is C105H86BN5O. The Morgan fingerprint density at radius 2 is 0.750 bits per heavy atom. The van der Waals surface area contributed by atoms with Crippen LogP contribution in [0.2, 0.25) is 0 Å². The topological polar surface area (TPSA) is 34.4 Å². The largest absolute Gasteiger partial charge is 0.452 e. The first-order chi connectivity index (χ1) is 60.9. The van der Waals surface area contributed by atoms with E-state index >= 15 is 0 Å². The van der Waals surface area contributed by atoms with Gasteiger partial charge in [-0.1, -0.05) is 288 Å². The van der Waals surface area contributed by atoms with Crippen molar-refractivity contribution < 1.29 is 26.3 Å². The lowest BCUT2D eigenvalue weighted by molar-refractivity contribution is 0.590. The lowest BCUT2D eigenvalue weighted by atomic mass is 9.33. The Hall–Kier alpha value is -12.8. The highest BCUT2D eigenvalue weighted by Crippen LogP contribution is 2.55. The van der Waals surface area contributed by atoms with Crippen molar-refractivity contribution >= 4 is 145 Å². The zero-order chi connectivity index (χ0) is 89.9. The summed E-state index contributed by atoms with van der Waals surface area (Å²) < 4.78 is 164. The van der Waals surface area contributed by atoms with Gasteiger partial charge >= 0.3 is 0 Å². The maximum Gasteiger partial charge on any atom is 0.252 e. The van der Waals surface area contributed by atoms with Crippen LogP contribution in [0.5, 0.6) is 0 Å². The van der Waals surface area contributed by atoms with Gasteiger partial charge < -0.3 is 27.9 Å². The van der Waals surface area contributed by atoms with Crippen LogP contribution >= 0.6 is 0 Å². The molecule has 0 saturated carbocycles. The third-order valence-corrected chi connectivity index (χ3v) is 23.3. The molecule has 19 aromatic rings. The second-order valence-corrected chi connectivity index (χ2v) is 33.5. The first-order valence-corrected chi connectivity index (χ1v) is 38.5. The van der Waals surface area contributed by atoms with Gasteiger partial charge in [0.1, 0.15) is 0 Å². The van der Waals surface area contributed by atoms with Crippen LogP contribution in [0.3, 0.4) is 0 Å². The van der Waals surface area contributed by atoms with Crippen LogP contribution in [0.1, 0.15) is 126 Å². The molecule has 15 aromatic carbocycles. The lowest BCUT2D eigenvalue weighted by Gasteiger charge is -2.45. The fourth-order valence-corrected chi connectivity index (χ4v) is 17.7. The second kappa shape index (κ2) is 24.8. The predicted molar refractivity (Wildman–Crippen MR) is 477 cm³/mol. The molecule has 0 radical (unpaired) electrons. The molecule has 21 rings (SSSR count). The summed E-state index contributed by atoms with van der Waals surface area (Å²) >= 11 is 0. The summed E-state index contributed by atoms with van der Waals surface area (Å²) in [7, 11) is 0. The molecule has 6 nitrogen and oxygen atoms in total. The Balaban J connectivity index is 0.975. The van der Waals surface area contributed by atoms with Gasteiger partial charge in [-0.2, -0.15) is 0 Å². The zero-order valence-electron chi connectivity index (χ0n) is 80.1. The summed E-state index contributed by atoms with van der Waals surface area (Å²) in [6, 6.07) is 68.4. The van der Waals surface area contributed by atoms with E-state index in [1.165, 1.54) is 10.1 Å². The molecule has 2 aliphatic rings. The number of hydrogen-bond acceptors (Lipinski definition) is 3. The Morgan fingerprint density at radius 1 is 0.312 bits per heavy atom. The molecule has 0 unspecified atom stereocenters. The second-order valence-electron chi connectivity index (χ2n) is 33.5. The van der Waals surface area contributed by atoms with Crippen molar-refractivity contribution in [1.82, 2.24) is 13.7 Å². The number of fused-ring (bicyclic) bond motifs is 16. The number of rotatable bonds is 9. The minimum absolute atomic E-state index is 0.0683. The van der Waals surface area contributed by atoms with Crippen molar-refractivity contribution in [2.24, 2.45) is 0 Å². The van der Waals surface area contributed by atoms with Gasteiger partial charge in [-0.05, 0) is 186 Å². The predicted octanol–water partition coefficient (Wildman–Crippen LogP) is 27.0. The van der Waals surface area contributed by atoms with E-state index in [0.717, 1.165) is 111 Å². The van der Waals surface area contributed by atoms with Gasteiger partial charge in [0.25, 0.3) is 6.71 Å². The number of hydrogen-bond donors (Lipinski definition) is 0. The first kappa shape index (κ1) is 52.3. The molecule has 0 fully saturated rings. The monoisotopic (exact) mass is 1460 g/mol. The number of anilines is 6. The highest BCUT2D eigenvalue weighted by molar-refractivity contribution is 7.00. The van der Waals surface area contributed by atoms with Crippen molar-refractivity contribution in [2.45, 2.75) is 98.3 Å². The van der Waals surface area contributed by atoms with E-state index in [-0.39, 0.29) is 82.7 Å². The molecule has 2 aliphatic heterocycles. The number of para-hydroxylation sites is 6. The van der Waals surface area contributed by atoms with Crippen LogP contribution in [0.25, 0.3) is 138 Å². The van der Waals surface area contributed by atoms with Gasteiger partial charge in [0.15, 0.2) is 11.2 Å². The summed E-state index contributed by atoms with van der Waals surface area (Å²) in [6.45, 7) is 23.9. The quantitative estimate of drug-likeness (QED) is 0.135. The van der Waals surface area contributed by atoms with Crippen molar-refractivity contribution in [1.29, 1.82) is 0 Å². The molecular weight excluding hydrogens is 1360 g/mol. The summed E-state index contributed by atoms with van der Waals surface area (Å²) in [6.07, 6.45) is 0. The summed E-state index contributed by atoms with van der Waals surface area (Å²) in [5.74, 6) is 0.200. The minimum atomic E-state index is -0.684. The van der Waals surface area contributed by atoms with Crippen LogP contribution in [-0.2, 0) is 16.2 Å². The van der Waals surface area contributed by atoms with Gasteiger partial charge in [0.2, 0.25) is 0 Å². The smallest absolute Gasteiger partial charge is 0.252 e. The van der Waals surface area contributed by atoms with E-state index < -0.39 is 103 Å². The average molecular weight is 1460 g/mol. The van der Waals surface area contributed by atoms with Crippen LogP contribution < -0.4 is 26.2 Å². The molecule has 0 atom stereocenters. The molecule has 0 N–H and O–H groups in total. The van der Waals surface area contributed by atoms with E-state index in [9.17, 15) is 16.4 Å². The Bertz CT molecular complexity index is 7860. The summed E-state index contributed by atoms with van der Waals surface area (Å²) in [4.78, 5) is 4.69. The third kappa shape index (κ3) is 10.3. The Labute approximate surface area is 677 Å². The van der Waals surface area contributed by atoms with E-state index in [0.29, 0.717) is 33.4 Å². The Kier molecular flexibility index (Phi) is 11.6. The van der Waals surface area contributed by atoms with Gasteiger partial charge in [0.05, 0.1) is 77.8 Å². The van der Waals surface area contributed by atoms with Gasteiger partial charge in [-0.15, -0.1) is 0 Å². The zero-order valence-corrected chi connectivity index (χ0v) is 64.1. The maximum absolute atomic E-state index is 9.96. The molecule has 4 aromatic heterocycles. The van der Waals surface area contributed by atoms with Crippen molar-refractivity contribution in [3.8, 4) is 50.4 Å². The van der Waals surface area contributed by atoms with E-state index in [1.807, 2.05) is 54.6 Å². The van der Waals surface area contributed by atoms with E-state index in [1.54, 1.807) is 16.7 Å². The molecule has 112 heavy (non-hydrogen) atoms. The molecule has 7 heteroatoms.